The number of aromatic nitrogens is 2. The van der Waals surface area contributed by atoms with Gasteiger partial charge in [0, 0.05) is 10.7 Å². The number of sulfonamides is 1. The summed E-state index contributed by atoms with van der Waals surface area (Å²) < 4.78 is 23.2. The largest absolute Gasteiger partial charge is 0.296 e. The number of nitrogens with zero attached hydrogens (tertiary/aromatic N) is 2. The van der Waals surface area contributed by atoms with Gasteiger partial charge in [-0.25, -0.2) is 23.5 Å². The second kappa shape index (κ2) is 5.56. The van der Waals surface area contributed by atoms with Gasteiger partial charge in [0.15, 0.2) is 9.34 Å². The highest BCUT2D eigenvalue weighted by Crippen LogP contribution is 2.26. The number of nitrogens with one attached hydrogen (secondary N) is 1. The molecule has 1 amide bonds. The van der Waals surface area contributed by atoms with E-state index in [1.165, 1.54) is 19.2 Å². The first kappa shape index (κ1) is 15.0. The van der Waals surface area contributed by atoms with Crippen LogP contribution in [0.2, 0.25) is 0 Å². The summed E-state index contributed by atoms with van der Waals surface area (Å²) in [5.74, 6) is -0.479. The Bertz CT molecular complexity index is 755. The van der Waals surface area contributed by atoms with E-state index in [1.807, 2.05) is 0 Å². The molecule has 2 aromatic heterocycles. The Morgan fingerprint density at radius 1 is 1.45 bits per heavy atom. The third-order valence-electron chi connectivity index (χ3n) is 2.19. The molecule has 0 unspecified atom stereocenters. The molecule has 10 heteroatoms. The third-order valence-corrected chi connectivity index (χ3v) is 5.29. The van der Waals surface area contributed by atoms with Crippen molar-refractivity contribution in [3.05, 3.63) is 34.2 Å². The quantitative estimate of drug-likeness (QED) is 0.841. The highest BCUT2D eigenvalue weighted by molar-refractivity contribution is 9.10. The number of nitrogens with two attached hydrogens (primary N) is 1. The first-order valence-corrected chi connectivity index (χ1v) is 8.36. The zero-order valence-corrected chi connectivity index (χ0v) is 13.3. The van der Waals surface area contributed by atoms with Crippen LogP contribution in [0, 0.1) is 6.92 Å². The van der Waals surface area contributed by atoms with Crippen molar-refractivity contribution in [2.75, 3.05) is 5.32 Å². The molecular formula is C10H9BrN4O3S2. The van der Waals surface area contributed by atoms with E-state index in [9.17, 15) is 13.2 Å². The average molecular weight is 377 g/mol. The number of hydrogen-bond acceptors (Lipinski definition) is 6. The number of thiazole rings is 1. The fourth-order valence-corrected chi connectivity index (χ4v) is 3.46. The van der Waals surface area contributed by atoms with Gasteiger partial charge in [0.05, 0.1) is 5.69 Å². The molecule has 2 aromatic rings. The zero-order valence-electron chi connectivity index (χ0n) is 10.1. The van der Waals surface area contributed by atoms with Crippen LogP contribution < -0.4 is 10.5 Å². The smallest absolute Gasteiger partial charge is 0.276 e. The molecule has 0 aliphatic carbocycles. The number of anilines is 1. The zero-order chi connectivity index (χ0) is 14.9. The fraction of sp³-hybridized carbons (Fsp3) is 0.100. The predicted octanol–water partition coefficient (Wildman–Crippen LogP) is 1.51. The van der Waals surface area contributed by atoms with Crippen molar-refractivity contribution in [1.82, 2.24) is 9.97 Å². The van der Waals surface area contributed by atoms with Crippen molar-refractivity contribution in [2.45, 2.75) is 11.1 Å². The van der Waals surface area contributed by atoms with Crippen molar-refractivity contribution in [3.63, 3.8) is 0 Å². The van der Waals surface area contributed by atoms with Gasteiger partial charge in [-0.15, -0.1) is 0 Å². The summed E-state index contributed by atoms with van der Waals surface area (Å²) in [7, 11) is -3.84. The minimum atomic E-state index is -3.84. The summed E-state index contributed by atoms with van der Waals surface area (Å²) in [4.78, 5) is 19.8. The van der Waals surface area contributed by atoms with E-state index < -0.39 is 15.9 Å². The lowest BCUT2D eigenvalue weighted by Gasteiger charge is -2.00. The molecule has 106 valence electrons. The molecule has 0 aromatic carbocycles. The molecule has 3 N–H and O–H groups in total. The topological polar surface area (TPSA) is 115 Å². The molecule has 0 aliphatic heterocycles. The molecule has 2 heterocycles. The molecular weight excluding hydrogens is 368 g/mol. The van der Waals surface area contributed by atoms with E-state index in [-0.39, 0.29) is 20.7 Å². The number of amides is 1. The van der Waals surface area contributed by atoms with Gasteiger partial charge in [-0.3, -0.25) is 10.1 Å². The van der Waals surface area contributed by atoms with Crippen LogP contribution in [0.4, 0.5) is 5.13 Å². The van der Waals surface area contributed by atoms with Crippen LogP contribution in [0.3, 0.4) is 0 Å². The van der Waals surface area contributed by atoms with Crippen molar-refractivity contribution >= 4 is 48.3 Å². The van der Waals surface area contributed by atoms with Crippen molar-refractivity contribution in [1.29, 1.82) is 0 Å². The van der Waals surface area contributed by atoms with Gasteiger partial charge in [0.1, 0.15) is 5.69 Å². The molecule has 0 bridgehead atoms. The summed E-state index contributed by atoms with van der Waals surface area (Å²) in [5.41, 5.74) is 0.440. The molecule has 0 saturated heterocycles. The van der Waals surface area contributed by atoms with E-state index in [2.05, 4.69) is 31.2 Å². The minimum absolute atomic E-state index is 0.0726. The summed E-state index contributed by atoms with van der Waals surface area (Å²) in [5, 5.41) is 7.68. The van der Waals surface area contributed by atoms with Gasteiger partial charge in [0.25, 0.3) is 5.91 Å². The van der Waals surface area contributed by atoms with Crippen LogP contribution in [-0.2, 0) is 10.0 Å². The maximum Gasteiger partial charge on any atom is 0.276 e. The second-order valence-electron chi connectivity index (χ2n) is 3.75. The third kappa shape index (κ3) is 3.39. The normalized spacial score (nSPS) is 11.3. The number of aryl methyl sites for hydroxylation is 1. The van der Waals surface area contributed by atoms with E-state index in [0.29, 0.717) is 0 Å². The number of pyridine rings is 1. The lowest BCUT2D eigenvalue weighted by molar-refractivity contribution is 0.102. The van der Waals surface area contributed by atoms with E-state index in [4.69, 9.17) is 5.14 Å². The lowest BCUT2D eigenvalue weighted by Crippen LogP contribution is -2.13. The van der Waals surface area contributed by atoms with Gasteiger partial charge in [-0.2, -0.15) is 0 Å². The first-order valence-electron chi connectivity index (χ1n) is 5.20. The van der Waals surface area contributed by atoms with E-state index >= 15 is 0 Å². The predicted molar refractivity (Wildman–Crippen MR) is 78.1 cm³/mol. The van der Waals surface area contributed by atoms with E-state index in [1.54, 1.807) is 6.07 Å². The van der Waals surface area contributed by atoms with Crippen LogP contribution >= 0.6 is 27.3 Å². The standard InChI is InChI=1S/C10H9BrN4O3S2/c1-5-9(20(12,17)18)19-10(14-5)15-8(16)7-3-2-6(11)4-13-7/h2-4H,1H3,(H2,12,17,18)(H,14,15,16). The molecule has 0 fully saturated rings. The van der Waals surface area contributed by atoms with Crippen molar-refractivity contribution in [2.24, 2.45) is 5.14 Å². The average Bonchev–Trinajstić information content (AvgIpc) is 2.70. The molecule has 0 aliphatic rings. The van der Waals surface area contributed by atoms with E-state index in [0.717, 1.165) is 15.8 Å². The number of halogens is 1. The van der Waals surface area contributed by atoms with Gasteiger partial charge in [-0.05, 0) is 35.0 Å². The van der Waals surface area contributed by atoms with Gasteiger partial charge in [-0.1, -0.05) is 11.3 Å². The molecule has 0 radical (unpaired) electrons. The van der Waals surface area contributed by atoms with Crippen LogP contribution in [0.1, 0.15) is 16.2 Å². The Balaban J connectivity index is 2.23. The Kier molecular flexibility index (Phi) is 4.18. The summed E-state index contributed by atoms with van der Waals surface area (Å²) in [6.45, 7) is 1.50. The molecule has 0 saturated carbocycles. The summed E-state index contributed by atoms with van der Waals surface area (Å²) >= 11 is 4.01. The molecule has 0 spiro atoms. The number of primary sulfonamides is 1. The highest BCUT2D eigenvalue weighted by Gasteiger charge is 2.19. The summed E-state index contributed by atoms with van der Waals surface area (Å²) in [6, 6.07) is 3.20. The number of carbonyl (C=O) groups excluding carboxylic acids is 1. The number of rotatable bonds is 3. The summed E-state index contributed by atoms with van der Waals surface area (Å²) in [6.07, 6.45) is 1.48. The highest BCUT2D eigenvalue weighted by atomic mass is 79.9. The van der Waals surface area contributed by atoms with Crippen LogP contribution in [0.25, 0.3) is 0 Å². The lowest BCUT2D eigenvalue weighted by atomic mass is 10.3. The second-order valence-corrected chi connectivity index (χ2v) is 7.42. The Labute approximate surface area is 127 Å². The Morgan fingerprint density at radius 3 is 2.65 bits per heavy atom. The molecule has 20 heavy (non-hydrogen) atoms. The van der Waals surface area contributed by atoms with Crippen molar-refractivity contribution in [3.8, 4) is 0 Å². The van der Waals surface area contributed by atoms with Crippen LogP contribution in [0.15, 0.2) is 27.0 Å². The maximum atomic E-state index is 11.9. The van der Waals surface area contributed by atoms with Gasteiger partial charge >= 0.3 is 0 Å². The number of carbonyl (C=O) groups is 1. The van der Waals surface area contributed by atoms with Crippen molar-refractivity contribution < 1.29 is 13.2 Å². The SMILES string of the molecule is Cc1nc(NC(=O)c2ccc(Br)cn2)sc1S(N)(=O)=O. The molecule has 2 rings (SSSR count). The maximum absolute atomic E-state index is 11.9. The van der Waals surface area contributed by atoms with Crippen LogP contribution in [-0.4, -0.2) is 24.3 Å². The Hall–Kier alpha value is -1.36. The Morgan fingerprint density at radius 2 is 2.15 bits per heavy atom. The minimum Gasteiger partial charge on any atom is -0.296 e. The monoisotopic (exact) mass is 376 g/mol. The first-order chi connectivity index (χ1) is 9.27. The van der Waals surface area contributed by atoms with Gasteiger partial charge in [0.2, 0.25) is 10.0 Å². The molecule has 0 atom stereocenters. The number of hydrogen-bond donors (Lipinski definition) is 2. The fourth-order valence-electron chi connectivity index (χ4n) is 1.37. The van der Waals surface area contributed by atoms with Crippen LogP contribution in [0.5, 0.6) is 0 Å². The van der Waals surface area contributed by atoms with Gasteiger partial charge < -0.3 is 0 Å². The molecule has 7 nitrogen and oxygen atoms in total.